The number of rotatable bonds is 4. The number of methoxy groups -OCH3 is 2. The summed E-state index contributed by atoms with van der Waals surface area (Å²) in [7, 11) is 1.93. The number of nitrogens with zero attached hydrogens (tertiary/aromatic N) is 1. The van der Waals surface area contributed by atoms with Gasteiger partial charge in [0.2, 0.25) is 0 Å². The first-order valence-electron chi connectivity index (χ1n) is 10.7. The van der Waals surface area contributed by atoms with E-state index in [4.69, 9.17) is 9.47 Å². The largest absolute Gasteiger partial charge is 0.493 e. The minimum absolute atomic E-state index is 0.0602. The van der Waals surface area contributed by atoms with Crippen molar-refractivity contribution in [2.75, 3.05) is 14.2 Å². The Labute approximate surface area is 180 Å². The zero-order valence-electron chi connectivity index (χ0n) is 18.6. The van der Waals surface area contributed by atoms with Gasteiger partial charge in [0.25, 0.3) is 5.91 Å². The first-order chi connectivity index (χ1) is 14.3. The van der Waals surface area contributed by atoms with Crippen LogP contribution in [0.4, 0.5) is 0 Å². The van der Waals surface area contributed by atoms with Crippen LogP contribution < -0.4 is 9.47 Å². The quantitative estimate of drug-likeness (QED) is 0.620. The summed E-state index contributed by atoms with van der Waals surface area (Å²) in [4.78, 5) is 15.8. The molecule has 4 rings (SSSR count). The molecule has 2 atom stereocenters. The molecule has 2 unspecified atom stereocenters. The lowest BCUT2D eigenvalue weighted by Crippen LogP contribution is -2.51. The van der Waals surface area contributed by atoms with Crippen LogP contribution in [-0.4, -0.2) is 39.1 Å². The van der Waals surface area contributed by atoms with Gasteiger partial charge in [-0.15, -0.1) is 0 Å². The molecule has 1 saturated heterocycles. The lowest BCUT2D eigenvalue weighted by atomic mass is 9.77. The fourth-order valence-corrected chi connectivity index (χ4v) is 6.36. The van der Waals surface area contributed by atoms with Crippen molar-refractivity contribution in [3.63, 3.8) is 0 Å². The Morgan fingerprint density at radius 2 is 1.70 bits per heavy atom. The summed E-state index contributed by atoms with van der Waals surface area (Å²) in [5, 5.41) is 0. The first kappa shape index (κ1) is 20.7. The average Bonchev–Trinajstić information content (AvgIpc) is 2.73. The Morgan fingerprint density at radius 1 is 1.03 bits per heavy atom. The van der Waals surface area contributed by atoms with Crippen molar-refractivity contribution >= 4 is 14.0 Å². The van der Waals surface area contributed by atoms with Crippen LogP contribution in [0, 0.1) is 0 Å². The molecule has 2 aliphatic rings. The molecule has 0 saturated carbocycles. The third-order valence-corrected chi connectivity index (χ3v) is 7.33. The Bertz CT molecular complexity index is 978. The molecule has 1 fully saturated rings. The highest BCUT2D eigenvalue weighted by molar-refractivity contribution is 6.81. The number of hydrogen-bond acceptors (Lipinski definition) is 3. The Hall–Kier alpha value is -2.53. The van der Waals surface area contributed by atoms with Crippen LogP contribution in [0.15, 0.2) is 53.7 Å². The lowest BCUT2D eigenvalue weighted by molar-refractivity contribution is 0.0507. The van der Waals surface area contributed by atoms with Crippen molar-refractivity contribution in [1.29, 1.82) is 0 Å². The van der Waals surface area contributed by atoms with Gasteiger partial charge in [0.1, 0.15) is 0 Å². The second-order valence-electron chi connectivity index (χ2n) is 9.34. The number of piperidine rings is 1. The van der Waals surface area contributed by atoms with E-state index < -0.39 is 8.07 Å². The van der Waals surface area contributed by atoms with Crippen molar-refractivity contribution in [3.8, 4) is 11.5 Å². The topological polar surface area (TPSA) is 38.8 Å². The van der Waals surface area contributed by atoms with Crippen molar-refractivity contribution in [1.82, 2.24) is 4.90 Å². The van der Waals surface area contributed by atoms with Gasteiger partial charge in [-0.2, -0.15) is 0 Å². The summed E-state index contributed by atoms with van der Waals surface area (Å²) in [6, 6.07) is 14.0. The fraction of sp³-hybridized carbons (Fsp3) is 0.400. The van der Waals surface area contributed by atoms with Crippen molar-refractivity contribution in [2.24, 2.45) is 0 Å². The second-order valence-corrected chi connectivity index (χ2v) is 14.4. The van der Waals surface area contributed by atoms with E-state index in [1.54, 1.807) is 14.2 Å². The van der Waals surface area contributed by atoms with E-state index in [1.165, 1.54) is 16.7 Å². The van der Waals surface area contributed by atoms with E-state index in [0.717, 1.165) is 36.3 Å². The monoisotopic (exact) mass is 421 g/mol. The van der Waals surface area contributed by atoms with E-state index in [0.29, 0.717) is 0 Å². The third-order valence-electron chi connectivity index (χ3n) is 6.10. The van der Waals surface area contributed by atoms with Gasteiger partial charge in [0, 0.05) is 5.56 Å². The molecule has 4 nitrogen and oxygen atoms in total. The maximum absolute atomic E-state index is 13.7. The van der Waals surface area contributed by atoms with Crippen LogP contribution in [0.5, 0.6) is 11.5 Å². The lowest BCUT2D eigenvalue weighted by Gasteiger charge is -2.49. The van der Waals surface area contributed by atoms with Crippen LogP contribution in [-0.2, 0) is 6.42 Å². The van der Waals surface area contributed by atoms with E-state index in [1.807, 2.05) is 30.3 Å². The molecule has 2 bridgehead atoms. The molecule has 0 aromatic heterocycles. The molecule has 5 heteroatoms. The number of carbonyl (C=O) groups excluding carboxylic acids is 1. The summed E-state index contributed by atoms with van der Waals surface area (Å²) < 4.78 is 11.1. The van der Waals surface area contributed by atoms with Gasteiger partial charge in [-0.05, 0) is 54.7 Å². The van der Waals surface area contributed by atoms with Crippen LogP contribution in [0.2, 0.25) is 19.6 Å². The molecule has 0 aliphatic carbocycles. The van der Waals surface area contributed by atoms with Crippen LogP contribution in [0.1, 0.15) is 40.4 Å². The van der Waals surface area contributed by atoms with E-state index in [2.05, 4.69) is 42.4 Å². The highest BCUT2D eigenvalue weighted by atomic mass is 28.3. The van der Waals surface area contributed by atoms with Gasteiger partial charge < -0.3 is 14.4 Å². The maximum Gasteiger partial charge on any atom is 0.254 e. The number of benzene rings is 2. The van der Waals surface area contributed by atoms with Crippen LogP contribution in [0.25, 0.3) is 0 Å². The summed E-state index contributed by atoms with van der Waals surface area (Å²) >= 11 is 0. The third kappa shape index (κ3) is 3.78. The van der Waals surface area contributed by atoms with E-state index in [-0.39, 0.29) is 18.0 Å². The average molecular weight is 422 g/mol. The Kier molecular flexibility index (Phi) is 5.49. The number of hydrogen-bond donors (Lipinski definition) is 0. The van der Waals surface area contributed by atoms with Gasteiger partial charge in [0.05, 0.1) is 34.4 Å². The molecule has 0 spiro atoms. The molecule has 2 aromatic carbocycles. The fourth-order valence-electron chi connectivity index (χ4n) is 4.91. The summed E-state index contributed by atoms with van der Waals surface area (Å²) in [6.07, 6.45) is 2.81. The maximum atomic E-state index is 13.7. The van der Waals surface area contributed by atoms with Crippen molar-refractivity contribution < 1.29 is 14.3 Å². The first-order valence-corrected chi connectivity index (χ1v) is 14.2. The molecule has 158 valence electrons. The van der Waals surface area contributed by atoms with Crippen molar-refractivity contribution in [2.45, 2.75) is 51.0 Å². The molecular weight excluding hydrogens is 390 g/mol. The summed E-state index contributed by atoms with van der Waals surface area (Å²) in [6.45, 7) is 7.08. The molecule has 1 amide bonds. The molecule has 0 radical (unpaired) electrons. The zero-order valence-corrected chi connectivity index (χ0v) is 19.6. The second kappa shape index (κ2) is 7.95. The molecule has 0 N–H and O–H groups in total. The number of amides is 1. The van der Waals surface area contributed by atoms with Gasteiger partial charge in [-0.3, -0.25) is 4.79 Å². The van der Waals surface area contributed by atoms with Gasteiger partial charge >= 0.3 is 0 Å². The highest BCUT2D eigenvalue weighted by Crippen LogP contribution is 2.47. The molecule has 2 heterocycles. The SMILES string of the molecule is COc1cc2c(cc1OC)C1CC/C(=C\[Si](C)(C)C)C(C2)N1C(=O)c1ccccc1. The standard InChI is InChI=1S/C25H31NO3Si/c1-28-23-14-19-13-22-18(16-30(3,4)5)11-12-21(20(19)15-24(23)29-2)26(22)25(27)17-9-7-6-8-10-17/h6-10,14-16,21-22H,11-13H2,1-5H3/b18-16+. The van der Waals surface area contributed by atoms with E-state index in [9.17, 15) is 4.79 Å². The number of carbonyl (C=O) groups is 1. The van der Waals surface area contributed by atoms with Gasteiger partial charge in [-0.25, -0.2) is 0 Å². The number of fused-ring (bicyclic) bond motifs is 4. The predicted octanol–water partition coefficient (Wildman–Crippen LogP) is 5.41. The Morgan fingerprint density at radius 3 is 2.33 bits per heavy atom. The summed E-state index contributed by atoms with van der Waals surface area (Å²) in [5.41, 5.74) is 7.15. The minimum Gasteiger partial charge on any atom is -0.493 e. The van der Waals surface area contributed by atoms with Gasteiger partial charge in [0.15, 0.2) is 11.5 Å². The normalized spacial score (nSPS) is 21.9. The van der Waals surface area contributed by atoms with E-state index >= 15 is 0 Å². The smallest absolute Gasteiger partial charge is 0.254 e. The molecular formula is C25H31NO3Si. The molecule has 2 aliphatic heterocycles. The van der Waals surface area contributed by atoms with Gasteiger partial charge in [-0.1, -0.05) is 49.1 Å². The highest BCUT2D eigenvalue weighted by Gasteiger charge is 2.43. The summed E-state index contributed by atoms with van der Waals surface area (Å²) in [5.74, 6) is 1.60. The minimum atomic E-state index is -1.41. The predicted molar refractivity (Wildman–Crippen MR) is 123 cm³/mol. The zero-order chi connectivity index (χ0) is 21.5. The Balaban J connectivity index is 1.84. The van der Waals surface area contributed by atoms with Crippen LogP contribution in [0.3, 0.4) is 0 Å². The van der Waals surface area contributed by atoms with Crippen LogP contribution >= 0.6 is 0 Å². The molecule has 2 aromatic rings. The molecule has 30 heavy (non-hydrogen) atoms. The number of ether oxygens (including phenoxy) is 2. The van der Waals surface area contributed by atoms with Crippen molar-refractivity contribution in [3.05, 3.63) is 70.4 Å².